The first kappa shape index (κ1) is 12.9. The summed E-state index contributed by atoms with van der Waals surface area (Å²) in [6.07, 6.45) is 0.409. The summed E-state index contributed by atoms with van der Waals surface area (Å²) in [5.41, 5.74) is 12.6. The van der Waals surface area contributed by atoms with E-state index in [1.165, 1.54) is 0 Å². The molecular formula is C13H19N3O2. The van der Waals surface area contributed by atoms with Crippen molar-refractivity contribution in [2.75, 3.05) is 13.1 Å². The van der Waals surface area contributed by atoms with E-state index in [4.69, 9.17) is 16.2 Å². The lowest BCUT2D eigenvalue weighted by atomic mass is 10.0. The SMILES string of the molecule is NC1CC(N)CN(C(=O)OCc2ccccc2)C1. The number of carbonyl (C=O) groups excluding carboxylic acids is 1. The van der Waals surface area contributed by atoms with Gasteiger partial charge in [-0.15, -0.1) is 0 Å². The highest BCUT2D eigenvalue weighted by Gasteiger charge is 2.26. The summed E-state index contributed by atoms with van der Waals surface area (Å²) in [6, 6.07) is 9.47. The van der Waals surface area contributed by atoms with Gasteiger partial charge in [0.2, 0.25) is 0 Å². The maximum atomic E-state index is 11.9. The van der Waals surface area contributed by atoms with Crippen molar-refractivity contribution in [2.24, 2.45) is 11.5 Å². The minimum absolute atomic E-state index is 0.0574. The maximum Gasteiger partial charge on any atom is 0.410 e. The van der Waals surface area contributed by atoms with Crippen LogP contribution in [-0.2, 0) is 11.3 Å². The van der Waals surface area contributed by atoms with Crippen LogP contribution in [0, 0.1) is 0 Å². The van der Waals surface area contributed by atoms with Crippen LogP contribution in [0.3, 0.4) is 0 Å². The third-order valence-electron chi connectivity index (χ3n) is 2.98. The highest BCUT2D eigenvalue weighted by molar-refractivity contribution is 5.68. The molecule has 2 atom stereocenters. The second kappa shape index (κ2) is 5.84. The summed E-state index contributed by atoms with van der Waals surface area (Å²) in [5, 5.41) is 0. The van der Waals surface area contributed by atoms with Crippen LogP contribution in [0.15, 0.2) is 30.3 Å². The third kappa shape index (κ3) is 3.45. The Balaban J connectivity index is 1.84. The summed E-state index contributed by atoms with van der Waals surface area (Å²) in [6.45, 7) is 1.31. The molecule has 4 N–H and O–H groups in total. The number of piperidine rings is 1. The van der Waals surface area contributed by atoms with Gasteiger partial charge in [0.1, 0.15) is 6.61 Å². The first-order valence-corrected chi connectivity index (χ1v) is 6.12. The quantitative estimate of drug-likeness (QED) is 0.807. The van der Waals surface area contributed by atoms with Crippen LogP contribution in [0.4, 0.5) is 4.79 Å². The van der Waals surface area contributed by atoms with Crippen molar-refractivity contribution in [1.82, 2.24) is 4.90 Å². The van der Waals surface area contributed by atoms with E-state index in [1.807, 2.05) is 30.3 Å². The van der Waals surface area contributed by atoms with Crippen molar-refractivity contribution in [3.63, 3.8) is 0 Å². The fourth-order valence-corrected chi connectivity index (χ4v) is 2.14. The summed E-state index contributed by atoms with van der Waals surface area (Å²) in [4.78, 5) is 13.4. The van der Waals surface area contributed by atoms with Crippen LogP contribution >= 0.6 is 0 Å². The summed E-state index contributed by atoms with van der Waals surface area (Å²) < 4.78 is 5.24. The summed E-state index contributed by atoms with van der Waals surface area (Å²) in [7, 11) is 0. The Kier molecular flexibility index (Phi) is 4.17. The largest absolute Gasteiger partial charge is 0.445 e. The van der Waals surface area contributed by atoms with Gasteiger partial charge in [-0.25, -0.2) is 4.79 Å². The van der Waals surface area contributed by atoms with Crippen LogP contribution in [0.2, 0.25) is 0 Å². The first-order chi connectivity index (χ1) is 8.65. The Hall–Kier alpha value is -1.59. The molecule has 0 bridgehead atoms. The average Bonchev–Trinajstić information content (AvgIpc) is 2.36. The molecule has 0 radical (unpaired) electrons. The predicted octanol–water partition coefficient (Wildman–Crippen LogP) is 0.684. The average molecular weight is 249 g/mol. The van der Waals surface area contributed by atoms with Crippen LogP contribution in [0.25, 0.3) is 0 Å². The van der Waals surface area contributed by atoms with E-state index in [1.54, 1.807) is 4.90 Å². The zero-order valence-electron chi connectivity index (χ0n) is 10.3. The van der Waals surface area contributed by atoms with E-state index in [0.717, 1.165) is 12.0 Å². The molecule has 0 aromatic heterocycles. The van der Waals surface area contributed by atoms with Crippen molar-refractivity contribution in [3.8, 4) is 0 Å². The smallest absolute Gasteiger partial charge is 0.410 e. The van der Waals surface area contributed by atoms with Crippen LogP contribution in [0.5, 0.6) is 0 Å². The number of nitrogens with two attached hydrogens (primary N) is 2. The van der Waals surface area contributed by atoms with Crippen molar-refractivity contribution >= 4 is 6.09 Å². The number of hydrogen-bond acceptors (Lipinski definition) is 4. The number of nitrogens with zero attached hydrogens (tertiary/aromatic N) is 1. The van der Waals surface area contributed by atoms with Crippen molar-refractivity contribution in [1.29, 1.82) is 0 Å². The molecule has 18 heavy (non-hydrogen) atoms. The standard InChI is InChI=1S/C13H19N3O2/c14-11-6-12(15)8-16(7-11)13(17)18-9-10-4-2-1-3-5-10/h1-5,11-12H,6-9,14-15H2. The Morgan fingerprint density at radius 3 is 2.44 bits per heavy atom. The second-order valence-corrected chi connectivity index (χ2v) is 4.70. The Bertz CT molecular complexity index is 386. The van der Waals surface area contributed by atoms with Gasteiger partial charge in [0, 0.05) is 25.2 Å². The van der Waals surface area contributed by atoms with Crippen molar-refractivity contribution < 1.29 is 9.53 Å². The zero-order valence-corrected chi connectivity index (χ0v) is 10.3. The molecule has 1 fully saturated rings. The number of amides is 1. The molecule has 2 unspecified atom stereocenters. The Morgan fingerprint density at radius 2 is 1.83 bits per heavy atom. The van der Waals surface area contributed by atoms with E-state index in [9.17, 15) is 4.79 Å². The van der Waals surface area contributed by atoms with E-state index in [2.05, 4.69) is 0 Å². The summed E-state index contributed by atoms with van der Waals surface area (Å²) >= 11 is 0. The van der Waals surface area contributed by atoms with Crippen LogP contribution in [-0.4, -0.2) is 36.2 Å². The normalized spacial score (nSPS) is 23.8. The minimum atomic E-state index is -0.343. The molecule has 2 rings (SSSR count). The van der Waals surface area contributed by atoms with Gasteiger partial charge in [0.15, 0.2) is 0 Å². The molecule has 1 aromatic rings. The number of hydrogen-bond donors (Lipinski definition) is 2. The van der Waals surface area contributed by atoms with Gasteiger partial charge in [0.25, 0.3) is 0 Å². The van der Waals surface area contributed by atoms with E-state index < -0.39 is 0 Å². The molecular weight excluding hydrogens is 230 g/mol. The van der Waals surface area contributed by atoms with Gasteiger partial charge in [-0.1, -0.05) is 30.3 Å². The van der Waals surface area contributed by atoms with Crippen molar-refractivity contribution in [3.05, 3.63) is 35.9 Å². The number of benzene rings is 1. The predicted molar refractivity (Wildman–Crippen MR) is 68.8 cm³/mol. The van der Waals surface area contributed by atoms with Gasteiger partial charge in [-0.05, 0) is 12.0 Å². The maximum absolute atomic E-state index is 11.9. The minimum Gasteiger partial charge on any atom is -0.445 e. The monoisotopic (exact) mass is 249 g/mol. The fraction of sp³-hybridized carbons (Fsp3) is 0.462. The van der Waals surface area contributed by atoms with E-state index >= 15 is 0 Å². The molecule has 5 nitrogen and oxygen atoms in total. The van der Waals surface area contributed by atoms with Crippen molar-refractivity contribution in [2.45, 2.75) is 25.1 Å². The topological polar surface area (TPSA) is 81.6 Å². The molecule has 0 aliphatic carbocycles. The fourth-order valence-electron chi connectivity index (χ4n) is 2.14. The highest BCUT2D eigenvalue weighted by Crippen LogP contribution is 2.10. The zero-order chi connectivity index (χ0) is 13.0. The molecule has 1 aromatic carbocycles. The molecule has 5 heteroatoms. The molecule has 0 saturated carbocycles. The van der Waals surface area contributed by atoms with Gasteiger partial charge in [-0.2, -0.15) is 0 Å². The Labute approximate surface area is 107 Å². The summed E-state index contributed by atoms with van der Waals surface area (Å²) in [5.74, 6) is 0. The van der Waals surface area contributed by atoms with Crippen LogP contribution < -0.4 is 11.5 Å². The number of likely N-dealkylation sites (tertiary alicyclic amines) is 1. The molecule has 98 valence electrons. The van der Waals surface area contributed by atoms with Gasteiger partial charge >= 0.3 is 6.09 Å². The molecule has 0 spiro atoms. The Morgan fingerprint density at radius 1 is 1.22 bits per heavy atom. The number of ether oxygens (including phenoxy) is 1. The number of rotatable bonds is 2. The molecule has 1 aliphatic heterocycles. The van der Waals surface area contributed by atoms with Gasteiger partial charge in [0.05, 0.1) is 0 Å². The van der Waals surface area contributed by atoms with Gasteiger partial charge in [-0.3, -0.25) is 0 Å². The first-order valence-electron chi connectivity index (χ1n) is 6.12. The lowest BCUT2D eigenvalue weighted by Gasteiger charge is -2.33. The molecule has 1 heterocycles. The van der Waals surface area contributed by atoms with E-state index in [0.29, 0.717) is 13.1 Å². The molecule has 1 aliphatic rings. The van der Waals surface area contributed by atoms with Gasteiger partial charge < -0.3 is 21.1 Å². The van der Waals surface area contributed by atoms with E-state index in [-0.39, 0.29) is 24.8 Å². The molecule has 1 amide bonds. The third-order valence-corrected chi connectivity index (χ3v) is 2.98. The lowest BCUT2D eigenvalue weighted by Crippen LogP contribution is -2.54. The van der Waals surface area contributed by atoms with Crippen LogP contribution in [0.1, 0.15) is 12.0 Å². The second-order valence-electron chi connectivity index (χ2n) is 4.70. The molecule has 1 saturated heterocycles. The highest BCUT2D eigenvalue weighted by atomic mass is 16.6. The number of carbonyl (C=O) groups is 1. The lowest BCUT2D eigenvalue weighted by molar-refractivity contribution is 0.0826.